The van der Waals surface area contributed by atoms with Crippen LogP contribution in [0, 0.1) is 0 Å². The third kappa shape index (κ3) is 51.0. The second kappa shape index (κ2) is 52.8. The molecular weight excluding hydrogens is 781 g/mol. The number of hydrogen-bond donors (Lipinski definition) is 0. The average Bonchev–Trinajstić information content (AvgIpc) is 3.28. The van der Waals surface area contributed by atoms with Crippen LogP contribution in [-0.2, 0) is 28.6 Å². The molecule has 6 nitrogen and oxygen atoms in total. The Bertz CT molecular complexity index is 978. The van der Waals surface area contributed by atoms with Crippen molar-refractivity contribution in [2.75, 3.05) is 13.2 Å². The number of unbranched alkanes of at least 4 members (excludes halogenated alkanes) is 39. The molecule has 0 aliphatic heterocycles. The van der Waals surface area contributed by atoms with Gasteiger partial charge in [-0.3, -0.25) is 14.4 Å². The minimum atomic E-state index is -0.768. The normalized spacial score (nSPS) is 12.0. The molecule has 0 heterocycles. The number of carbonyl (C=O) groups is 3. The molecule has 372 valence electrons. The highest BCUT2D eigenvalue weighted by Crippen LogP contribution is 2.17. The zero-order valence-electron chi connectivity index (χ0n) is 42.6. The maximum absolute atomic E-state index is 12.8. The van der Waals surface area contributed by atoms with Gasteiger partial charge in [-0.1, -0.05) is 264 Å². The molecule has 63 heavy (non-hydrogen) atoms. The number of hydrogen-bond acceptors (Lipinski definition) is 6. The number of allylic oxidation sites excluding steroid dienone is 2. The van der Waals surface area contributed by atoms with Crippen molar-refractivity contribution in [1.82, 2.24) is 0 Å². The predicted molar refractivity (Wildman–Crippen MR) is 270 cm³/mol. The van der Waals surface area contributed by atoms with Crippen molar-refractivity contribution in [2.24, 2.45) is 0 Å². The second-order valence-electron chi connectivity index (χ2n) is 19.2. The van der Waals surface area contributed by atoms with Crippen molar-refractivity contribution in [3.63, 3.8) is 0 Å². The highest BCUT2D eigenvalue weighted by Gasteiger charge is 2.19. The van der Waals surface area contributed by atoms with Crippen LogP contribution in [0.4, 0.5) is 0 Å². The fraction of sp³-hybridized carbons (Fsp3) is 0.912. The van der Waals surface area contributed by atoms with Crippen LogP contribution in [0.1, 0.15) is 316 Å². The van der Waals surface area contributed by atoms with Crippen LogP contribution >= 0.6 is 0 Å². The van der Waals surface area contributed by atoms with E-state index in [0.29, 0.717) is 19.3 Å². The fourth-order valence-corrected chi connectivity index (χ4v) is 8.50. The van der Waals surface area contributed by atoms with Crippen molar-refractivity contribution >= 4 is 17.9 Å². The molecule has 0 fully saturated rings. The second-order valence-corrected chi connectivity index (χ2v) is 19.2. The number of carbonyl (C=O) groups excluding carboxylic acids is 3. The number of esters is 3. The van der Waals surface area contributed by atoms with E-state index < -0.39 is 6.10 Å². The standard InChI is InChI=1S/C57H108O6/c1-4-7-10-13-16-19-22-25-28-30-32-35-38-41-44-47-50-56(59)62-53-54(52-61-55(58)49-46-43-40-37-34-31-27-24-21-18-15-12-9-6-3)63-57(60)51-48-45-42-39-36-33-29-26-23-20-17-14-11-8-5-2/h26,29,54H,4-25,27-28,30-53H2,1-3H3/b29-26-. The van der Waals surface area contributed by atoms with E-state index in [-0.39, 0.29) is 31.1 Å². The van der Waals surface area contributed by atoms with Crippen LogP contribution < -0.4 is 0 Å². The molecule has 0 amide bonds. The molecule has 0 rings (SSSR count). The molecule has 0 spiro atoms. The summed E-state index contributed by atoms with van der Waals surface area (Å²) in [5.41, 5.74) is 0. The third-order valence-corrected chi connectivity index (χ3v) is 12.8. The first-order chi connectivity index (χ1) is 31.0. The predicted octanol–water partition coefficient (Wildman–Crippen LogP) is 18.5. The Kier molecular flexibility index (Phi) is 51.2. The van der Waals surface area contributed by atoms with Crippen molar-refractivity contribution < 1.29 is 28.6 Å². The molecule has 0 radical (unpaired) electrons. The summed E-state index contributed by atoms with van der Waals surface area (Å²) >= 11 is 0. The summed E-state index contributed by atoms with van der Waals surface area (Å²) in [6.07, 6.45) is 59.1. The maximum atomic E-state index is 12.8. The lowest BCUT2D eigenvalue weighted by Crippen LogP contribution is -2.30. The van der Waals surface area contributed by atoms with Gasteiger partial charge >= 0.3 is 17.9 Å². The monoisotopic (exact) mass is 889 g/mol. The smallest absolute Gasteiger partial charge is 0.306 e. The van der Waals surface area contributed by atoms with Gasteiger partial charge in [-0.2, -0.15) is 0 Å². The van der Waals surface area contributed by atoms with Gasteiger partial charge < -0.3 is 14.2 Å². The Morgan fingerprint density at radius 2 is 0.524 bits per heavy atom. The third-order valence-electron chi connectivity index (χ3n) is 12.8. The zero-order chi connectivity index (χ0) is 45.8. The van der Waals surface area contributed by atoms with Gasteiger partial charge in [0.2, 0.25) is 0 Å². The topological polar surface area (TPSA) is 78.9 Å². The summed E-state index contributed by atoms with van der Waals surface area (Å²) in [4.78, 5) is 38.1. The molecule has 0 N–H and O–H groups in total. The number of rotatable bonds is 52. The summed E-state index contributed by atoms with van der Waals surface area (Å²) in [6.45, 7) is 6.68. The van der Waals surface area contributed by atoms with E-state index in [1.807, 2.05) is 0 Å². The molecule has 0 aromatic carbocycles. The van der Waals surface area contributed by atoms with E-state index in [0.717, 1.165) is 64.2 Å². The summed E-state index contributed by atoms with van der Waals surface area (Å²) in [7, 11) is 0. The van der Waals surface area contributed by atoms with Crippen LogP contribution in [0.25, 0.3) is 0 Å². The first-order valence-corrected chi connectivity index (χ1v) is 28.2. The molecule has 0 aliphatic rings. The van der Waals surface area contributed by atoms with Crippen molar-refractivity contribution in [1.29, 1.82) is 0 Å². The molecular formula is C57H108O6. The van der Waals surface area contributed by atoms with Crippen molar-refractivity contribution in [3.05, 3.63) is 12.2 Å². The molecule has 0 aromatic heterocycles. The Morgan fingerprint density at radius 1 is 0.302 bits per heavy atom. The van der Waals surface area contributed by atoms with Crippen LogP contribution in [0.15, 0.2) is 12.2 Å². The Labute approximate surface area is 392 Å². The van der Waals surface area contributed by atoms with Gasteiger partial charge in [0.05, 0.1) is 0 Å². The lowest BCUT2D eigenvalue weighted by molar-refractivity contribution is -0.167. The van der Waals surface area contributed by atoms with Gasteiger partial charge in [0.25, 0.3) is 0 Å². The van der Waals surface area contributed by atoms with E-state index in [1.54, 1.807) is 0 Å². The molecule has 0 saturated heterocycles. The molecule has 1 atom stereocenters. The van der Waals surface area contributed by atoms with E-state index in [9.17, 15) is 14.4 Å². The van der Waals surface area contributed by atoms with Gasteiger partial charge in [-0.05, 0) is 44.9 Å². The highest BCUT2D eigenvalue weighted by molar-refractivity contribution is 5.71. The van der Waals surface area contributed by atoms with Crippen LogP contribution in [0.5, 0.6) is 0 Å². The highest BCUT2D eigenvalue weighted by atomic mass is 16.6. The van der Waals surface area contributed by atoms with E-state index >= 15 is 0 Å². The van der Waals surface area contributed by atoms with Gasteiger partial charge in [0, 0.05) is 19.3 Å². The molecule has 0 aromatic rings. The van der Waals surface area contributed by atoms with Crippen LogP contribution in [0.3, 0.4) is 0 Å². The molecule has 1 unspecified atom stereocenters. The molecule has 6 heteroatoms. The largest absolute Gasteiger partial charge is 0.462 e. The first kappa shape index (κ1) is 61.1. The lowest BCUT2D eigenvalue weighted by atomic mass is 10.0. The SMILES string of the molecule is CCCCCCCC/C=C\CCCCCCCC(=O)OC(COC(=O)CCCCCCCCCCCCCCCC)COC(=O)CCCCCCCCCCCCCCCCCC. The zero-order valence-corrected chi connectivity index (χ0v) is 42.6. The first-order valence-electron chi connectivity index (χ1n) is 28.2. The van der Waals surface area contributed by atoms with Gasteiger partial charge in [0.15, 0.2) is 6.10 Å². The summed E-state index contributed by atoms with van der Waals surface area (Å²) in [5, 5.41) is 0. The summed E-state index contributed by atoms with van der Waals surface area (Å²) < 4.78 is 16.9. The minimum Gasteiger partial charge on any atom is -0.462 e. The van der Waals surface area contributed by atoms with Crippen molar-refractivity contribution in [2.45, 2.75) is 322 Å². The number of ether oxygens (including phenoxy) is 3. The van der Waals surface area contributed by atoms with Gasteiger partial charge in [0.1, 0.15) is 13.2 Å². The van der Waals surface area contributed by atoms with E-state index in [2.05, 4.69) is 32.9 Å². The van der Waals surface area contributed by atoms with Gasteiger partial charge in [-0.15, -0.1) is 0 Å². The van der Waals surface area contributed by atoms with Crippen LogP contribution in [-0.4, -0.2) is 37.2 Å². The van der Waals surface area contributed by atoms with Gasteiger partial charge in [-0.25, -0.2) is 0 Å². The maximum Gasteiger partial charge on any atom is 0.306 e. The van der Waals surface area contributed by atoms with E-state index in [4.69, 9.17) is 14.2 Å². The Morgan fingerprint density at radius 3 is 0.794 bits per heavy atom. The quantitative estimate of drug-likeness (QED) is 0.0262. The lowest BCUT2D eigenvalue weighted by Gasteiger charge is -2.18. The molecule has 0 aliphatic carbocycles. The molecule has 0 saturated carbocycles. The minimum absolute atomic E-state index is 0.0675. The Balaban J connectivity index is 4.32. The summed E-state index contributed by atoms with van der Waals surface area (Å²) in [5.74, 6) is -0.853. The van der Waals surface area contributed by atoms with Crippen molar-refractivity contribution in [3.8, 4) is 0 Å². The fourth-order valence-electron chi connectivity index (χ4n) is 8.50. The van der Waals surface area contributed by atoms with Crippen LogP contribution in [0.2, 0.25) is 0 Å². The molecule has 0 bridgehead atoms. The summed E-state index contributed by atoms with van der Waals surface area (Å²) in [6, 6.07) is 0. The Hall–Kier alpha value is -1.85. The average molecular weight is 889 g/mol. The van der Waals surface area contributed by atoms with E-state index in [1.165, 1.54) is 212 Å².